The predicted octanol–water partition coefficient (Wildman–Crippen LogP) is 0.264. The van der Waals surface area contributed by atoms with E-state index in [9.17, 15) is 14.4 Å². The minimum absolute atomic E-state index is 0.115. The summed E-state index contributed by atoms with van der Waals surface area (Å²) in [7, 11) is 0. The van der Waals surface area contributed by atoms with E-state index >= 15 is 0 Å². The van der Waals surface area contributed by atoms with E-state index in [-0.39, 0.29) is 18.8 Å². The molecule has 1 aromatic rings. The van der Waals surface area contributed by atoms with Crippen LogP contribution in [0.1, 0.15) is 6.42 Å². The topological polar surface area (TPSA) is 108 Å². The highest BCUT2D eigenvalue weighted by molar-refractivity contribution is 6.39. The Kier molecular flexibility index (Phi) is 5.06. The second-order valence-corrected chi connectivity index (χ2v) is 3.65. The summed E-state index contributed by atoms with van der Waals surface area (Å²) in [5.74, 6) is -2.73. The molecule has 7 nitrogen and oxygen atoms in total. The summed E-state index contributed by atoms with van der Waals surface area (Å²) < 4.78 is 0. The zero-order valence-electron chi connectivity index (χ0n) is 9.14. The summed E-state index contributed by atoms with van der Waals surface area (Å²) >= 11 is 5.60. The molecule has 0 saturated carbocycles. The van der Waals surface area contributed by atoms with Crippen molar-refractivity contribution in [3.05, 3.63) is 23.4 Å². The third-order valence-electron chi connectivity index (χ3n) is 1.80. The van der Waals surface area contributed by atoms with E-state index in [1.165, 1.54) is 18.3 Å². The average molecular weight is 272 g/mol. The number of carboxylic acid groups (broad SMARTS) is 1. The molecule has 0 spiro atoms. The normalized spacial score (nSPS) is 9.61. The number of nitrogens with zero attached hydrogens (tertiary/aromatic N) is 1. The molecule has 0 aliphatic carbocycles. The molecule has 1 aromatic heterocycles. The molecule has 0 radical (unpaired) electrons. The van der Waals surface area contributed by atoms with Gasteiger partial charge in [0.05, 0.1) is 11.4 Å². The molecule has 3 N–H and O–H groups in total. The summed E-state index contributed by atoms with van der Waals surface area (Å²) in [6.45, 7) is -0.115. The molecule has 0 aliphatic heterocycles. The number of carbonyl (C=O) groups is 3. The Morgan fingerprint density at radius 3 is 2.56 bits per heavy atom. The number of aliphatic carboxylic acids is 1. The first kappa shape index (κ1) is 13.9. The maximum absolute atomic E-state index is 11.3. The molecule has 18 heavy (non-hydrogen) atoms. The van der Waals surface area contributed by atoms with Crippen molar-refractivity contribution in [1.82, 2.24) is 10.3 Å². The second-order valence-electron chi connectivity index (χ2n) is 3.22. The van der Waals surface area contributed by atoms with E-state index in [4.69, 9.17) is 16.7 Å². The SMILES string of the molecule is O=C(O)CCNC(=O)C(=O)Nc1ccc(Cl)cn1. The van der Waals surface area contributed by atoms with Crippen LogP contribution in [0.4, 0.5) is 5.82 Å². The van der Waals surface area contributed by atoms with Gasteiger partial charge >= 0.3 is 17.8 Å². The number of halogens is 1. The van der Waals surface area contributed by atoms with Gasteiger partial charge in [0.25, 0.3) is 0 Å². The van der Waals surface area contributed by atoms with Crippen LogP contribution in [0.2, 0.25) is 5.02 Å². The Bertz CT molecular complexity index is 461. The van der Waals surface area contributed by atoms with Gasteiger partial charge in [0.2, 0.25) is 0 Å². The lowest BCUT2D eigenvalue weighted by molar-refractivity contribution is -0.138. The van der Waals surface area contributed by atoms with Crippen LogP contribution in [0, 0.1) is 0 Å². The van der Waals surface area contributed by atoms with Crippen LogP contribution in [-0.2, 0) is 14.4 Å². The lowest BCUT2D eigenvalue weighted by Gasteiger charge is -2.04. The number of anilines is 1. The lowest BCUT2D eigenvalue weighted by Crippen LogP contribution is -2.36. The van der Waals surface area contributed by atoms with Crippen LogP contribution in [-0.4, -0.2) is 34.4 Å². The molecule has 8 heteroatoms. The van der Waals surface area contributed by atoms with Crippen LogP contribution >= 0.6 is 11.6 Å². The molecular formula is C10H10ClN3O4. The first-order chi connectivity index (χ1) is 8.49. The largest absolute Gasteiger partial charge is 0.481 e. The molecule has 0 unspecified atom stereocenters. The summed E-state index contributed by atoms with van der Waals surface area (Å²) in [5, 5.41) is 13.2. The fourth-order valence-electron chi connectivity index (χ4n) is 0.986. The third kappa shape index (κ3) is 4.79. The van der Waals surface area contributed by atoms with E-state index in [1.54, 1.807) is 0 Å². The van der Waals surface area contributed by atoms with E-state index in [1.807, 2.05) is 0 Å². The summed E-state index contributed by atoms with van der Waals surface area (Å²) in [5.41, 5.74) is 0. The van der Waals surface area contributed by atoms with Crippen LogP contribution < -0.4 is 10.6 Å². The van der Waals surface area contributed by atoms with E-state index in [2.05, 4.69) is 15.6 Å². The quantitative estimate of drug-likeness (QED) is 0.681. The number of hydrogen-bond donors (Lipinski definition) is 3. The zero-order valence-corrected chi connectivity index (χ0v) is 9.90. The van der Waals surface area contributed by atoms with Gasteiger partial charge in [-0.15, -0.1) is 0 Å². The molecule has 96 valence electrons. The maximum Gasteiger partial charge on any atom is 0.314 e. The number of amides is 2. The first-order valence-electron chi connectivity index (χ1n) is 4.91. The van der Waals surface area contributed by atoms with Crippen LogP contribution in [0.25, 0.3) is 0 Å². The molecule has 0 aromatic carbocycles. The Morgan fingerprint density at radius 1 is 1.28 bits per heavy atom. The number of hydrogen-bond acceptors (Lipinski definition) is 4. The van der Waals surface area contributed by atoms with Crippen LogP contribution in [0.5, 0.6) is 0 Å². The van der Waals surface area contributed by atoms with Gasteiger partial charge in [0.1, 0.15) is 5.82 Å². The number of nitrogens with one attached hydrogen (secondary N) is 2. The van der Waals surface area contributed by atoms with Gasteiger partial charge in [-0.05, 0) is 12.1 Å². The van der Waals surface area contributed by atoms with Gasteiger partial charge in [0.15, 0.2) is 0 Å². The van der Waals surface area contributed by atoms with Crippen molar-refractivity contribution in [1.29, 1.82) is 0 Å². The highest BCUT2D eigenvalue weighted by Crippen LogP contribution is 2.09. The molecule has 0 atom stereocenters. The van der Waals surface area contributed by atoms with E-state index < -0.39 is 17.8 Å². The number of rotatable bonds is 4. The fourth-order valence-corrected chi connectivity index (χ4v) is 1.10. The van der Waals surface area contributed by atoms with Gasteiger partial charge in [-0.2, -0.15) is 0 Å². The number of carbonyl (C=O) groups excluding carboxylic acids is 2. The van der Waals surface area contributed by atoms with E-state index in [0.717, 1.165) is 0 Å². The number of carboxylic acids is 1. The average Bonchev–Trinajstić information content (AvgIpc) is 2.31. The Morgan fingerprint density at radius 2 is 2.00 bits per heavy atom. The maximum atomic E-state index is 11.3. The highest BCUT2D eigenvalue weighted by Gasteiger charge is 2.13. The van der Waals surface area contributed by atoms with Gasteiger partial charge in [-0.1, -0.05) is 11.6 Å². The molecule has 0 fully saturated rings. The van der Waals surface area contributed by atoms with E-state index in [0.29, 0.717) is 5.02 Å². The molecule has 1 heterocycles. The monoisotopic (exact) mass is 271 g/mol. The summed E-state index contributed by atoms with van der Waals surface area (Å²) in [6.07, 6.45) is 1.07. The standard InChI is InChI=1S/C10H10ClN3O4/c11-6-1-2-7(13-5-6)14-10(18)9(17)12-4-3-8(15)16/h1-2,5H,3-4H2,(H,12,17)(H,15,16)(H,13,14,18). The van der Waals surface area contributed by atoms with Crippen LogP contribution in [0.3, 0.4) is 0 Å². The van der Waals surface area contributed by atoms with Crippen LogP contribution in [0.15, 0.2) is 18.3 Å². The van der Waals surface area contributed by atoms with Gasteiger partial charge in [-0.25, -0.2) is 4.98 Å². The zero-order chi connectivity index (χ0) is 13.5. The number of pyridine rings is 1. The minimum Gasteiger partial charge on any atom is -0.481 e. The smallest absolute Gasteiger partial charge is 0.314 e. The summed E-state index contributed by atoms with van der Waals surface area (Å²) in [6, 6.07) is 2.94. The molecular weight excluding hydrogens is 262 g/mol. The lowest BCUT2D eigenvalue weighted by atomic mass is 10.4. The second kappa shape index (κ2) is 6.55. The van der Waals surface area contributed by atoms with Crippen molar-refractivity contribution in [2.24, 2.45) is 0 Å². The van der Waals surface area contributed by atoms with Crippen molar-refractivity contribution in [3.63, 3.8) is 0 Å². The molecule has 0 aliphatic rings. The van der Waals surface area contributed by atoms with Crippen molar-refractivity contribution < 1.29 is 19.5 Å². The van der Waals surface area contributed by atoms with Crippen molar-refractivity contribution in [3.8, 4) is 0 Å². The van der Waals surface area contributed by atoms with Gasteiger partial charge < -0.3 is 15.7 Å². The molecule has 2 amide bonds. The van der Waals surface area contributed by atoms with Crippen molar-refractivity contribution >= 4 is 35.2 Å². The van der Waals surface area contributed by atoms with Crippen molar-refractivity contribution in [2.45, 2.75) is 6.42 Å². The molecule has 0 saturated heterocycles. The van der Waals surface area contributed by atoms with Crippen molar-refractivity contribution in [2.75, 3.05) is 11.9 Å². The highest BCUT2D eigenvalue weighted by atomic mass is 35.5. The Labute approximate surface area is 107 Å². The van der Waals surface area contributed by atoms with Gasteiger partial charge in [0, 0.05) is 12.7 Å². The number of aromatic nitrogens is 1. The predicted molar refractivity (Wildman–Crippen MR) is 63.1 cm³/mol. The fraction of sp³-hybridized carbons (Fsp3) is 0.200. The Balaban J connectivity index is 2.42. The summed E-state index contributed by atoms with van der Waals surface area (Å²) in [4.78, 5) is 36.5. The third-order valence-corrected chi connectivity index (χ3v) is 2.02. The molecule has 0 bridgehead atoms. The first-order valence-corrected chi connectivity index (χ1v) is 5.29. The molecule has 1 rings (SSSR count). The Hall–Kier alpha value is -2.15. The minimum atomic E-state index is -1.06. The van der Waals surface area contributed by atoms with Gasteiger partial charge in [-0.3, -0.25) is 14.4 Å².